The third-order valence-corrected chi connectivity index (χ3v) is 4.92. The van der Waals surface area contributed by atoms with Crippen LogP contribution in [0.25, 0.3) is 0 Å². The lowest BCUT2D eigenvalue weighted by Gasteiger charge is -2.46. The Hall–Kier alpha value is 0. The number of fused-ring (bicyclic) bond motifs is 2. The molecule has 0 aromatic carbocycles. The zero-order valence-electron chi connectivity index (χ0n) is 11.4. The fraction of sp³-hybridized carbons (Fsp3) is 1.00. The molecule has 88 valence electrons. The summed E-state index contributed by atoms with van der Waals surface area (Å²) in [7, 11) is 0. The molecular weight excluding hydrogens is 180 g/mol. The van der Waals surface area contributed by atoms with Crippen LogP contribution in [0.1, 0.15) is 60.8 Å². The molecule has 2 fully saturated rings. The second kappa shape index (κ2) is 3.25. The average molecular weight is 208 g/mol. The second-order valence-electron chi connectivity index (χ2n) is 8.12. The van der Waals surface area contributed by atoms with E-state index in [4.69, 9.17) is 0 Å². The molecule has 0 nitrogen and oxygen atoms in total. The van der Waals surface area contributed by atoms with E-state index in [2.05, 4.69) is 41.5 Å². The summed E-state index contributed by atoms with van der Waals surface area (Å²) in [4.78, 5) is 0. The van der Waals surface area contributed by atoms with E-state index >= 15 is 0 Å². The number of rotatable bonds is 0. The molecule has 2 aliphatic carbocycles. The van der Waals surface area contributed by atoms with Gasteiger partial charge in [-0.25, -0.2) is 0 Å². The lowest BCUT2D eigenvalue weighted by molar-refractivity contribution is 0.0245. The smallest absolute Gasteiger partial charge is 0.0301 e. The molecule has 15 heavy (non-hydrogen) atoms. The Labute approximate surface area is 95.8 Å². The molecule has 0 aromatic rings. The van der Waals surface area contributed by atoms with Crippen LogP contribution in [-0.4, -0.2) is 0 Å². The van der Waals surface area contributed by atoms with Crippen molar-refractivity contribution in [1.82, 2.24) is 0 Å². The van der Waals surface area contributed by atoms with Gasteiger partial charge in [0.1, 0.15) is 0 Å². The van der Waals surface area contributed by atoms with Crippen LogP contribution in [0.3, 0.4) is 0 Å². The van der Waals surface area contributed by atoms with Gasteiger partial charge >= 0.3 is 0 Å². The van der Waals surface area contributed by atoms with Crippen molar-refractivity contribution in [3.8, 4) is 0 Å². The van der Waals surface area contributed by atoms with Crippen LogP contribution >= 0.6 is 0 Å². The zero-order valence-corrected chi connectivity index (χ0v) is 11.4. The fourth-order valence-corrected chi connectivity index (χ4v) is 4.78. The molecule has 0 aromatic heterocycles. The second-order valence-corrected chi connectivity index (χ2v) is 8.12. The van der Waals surface area contributed by atoms with Crippen molar-refractivity contribution in [1.29, 1.82) is 0 Å². The normalized spacial score (nSPS) is 41.2. The lowest BCUT2D eigenvalue weighted by Crippen LogP contribution is -2.39. The molecule has 0 radical (unpaired) electrons. The molecule has 0 heterocycles. The van der Waals surface area contributed by atoms with Gasteiger partial charge in [0.05, 0.1) is 0 Å². The van der Waals surface area contributed by atoms with E-state index in [9.17, 15) is 0 Å². The molecule has 0 N–H and O–H groups in total. The van der Waals surface area contributed by atoms with Crippen LogP contribution in [0, 0.1) is 34.5 Å². The summed E-state index contributed by atoms with van der Waals surface area (Å²) < 4.78 is 0. The molecule has 0 amide bonds. The summed E-state index contributed by atoms with van der Waals surface area (Å²) in [6.07, 6.45) is 4.56. The van der Waals surface area contributed by atoms with E-state index in [1.807, 2.05) is 0 Å². The van der Waals surface area contributed by atoms with Crippen molar-refractivity contribution in [2.75, 3.05) is 0 Å². The fourth-order valence-electron chi connectivity index (χ4n) is 4.78. The van der Waals surface area contributed by atoms with E-state index in [0.29, 0.717) is 10.8 Å². The monoisotopic (exact) mass is 208 g/mol. The van der Waals surface area contributed by atoms with Gasteiger partial charge in [-0.2, -0.15) is 0 Å². The van der Waals surface area contributed by atoms with Crippen LogP contribution in [0.5, 0.6) is 0 Å². The molecule has 2 rings (SSSR count). The van der Waals surface area contributed by atoms with Crippen molar-refractivity contribution < 1.29 is 0 Å². The summed E-state index contributed by atoms with van der Waals surface area (Å²) in [6, 6.07) is 0. The maximum atomic E-state index is 2.46. The first kappa shape index (κ1) is 11.5. The van der Waals surface area contributed by atoms with E-state index in [-0.39, 0.29) is 0 Å². The highest BCUT2D eigenvalue weighted by Gasteiger charge is 2.54. The van der Waals surface area contributed by atoms with Gasteiger partial charge in [-0.1, -0.05) is 41.5 Å². The quantitative estimate of drug-likeness (QED) is 0.539. The van der Waals surface area contributed by atoms with Gasteiger partial charge in [-0.05, 0) is 53.8 Å². The SMILES string of the molecule is CC(C)(C)[C@@H]1[C@@H]2CC[C@@H](C2)[C@@H]1C(C)(C)C. The van der Waals surface area contributed by atoms with Crippen LogP contribution in [0.2, 0.25) is 0 Å². The molecule has 0 spiro atoms. The summed E-state index contributed by atoms with van der Waals surface area (Å²) in [5, 5.41) is 0. The third kappa shape index (κ3) is 1.85. The van der Waals surface area contributed by atoms with Crippen LogP contribution in [0.4, 0.5) is 0 Å². The average Bonchev–Trinajstić information content (AvgIpc) is 2.56. The van der Waals surface area contributed by atoms with Crippen LogP contribution in [-0.2, 0) is 0 Å². The maximum absolute atomic E-state index is 2.46. The minimum Gasteiger partial charge on any atom is -0.0599 e. The highest BCUT2D eigenvalue weighted by molar-refractivity contribution is 5.03. The van der Waals surface area contributed by atoms with Crippen molar-refractivity contribution >= 4 is 0 Å². The van der Waals surface area contributed by atoms with Gasteiger partial charge in [0, 0.05) is 0 Å². The summed E-state index contributed by atoms with van der Waals surface area (Å²) >= 11 is 0. The lowest BCUT2D eigenvalue weighted by atomic mass is 9.59. The molecule has 2 bridgehead atoms. The van der Waals surface area contributed by atoms with Crippen LogP contribution < -0.4 is 0 Å². The first-order valence-electron chi connectivity index (χ1n) is 6.71. The third-order valence-electron chi connectivity index (χ3n) is 4.92. The highest BCUT2D eigenvalue weighted by atomic mass is 14.6. The zero-order chi connectivity index (χ0) is 11.4. The Morgan fingerprint density at radius 2 is 1.00 bits per heavy atom. The largest absolute Gasteiger partial charge is 0.0599 e. The highest BCUT2D eigenvalue weighted by Crippen LogP contribution is 2.62. The molecule has 4 atom stereocenters. The maximum Gasteiger partial charge on any atom is -0.0301 e. The minimum absolute atomic E-state index is 0.512. The Balaban J connectivity index is 2.28. The van der Waals surface area contributed by atoms with E-state index in [1.54, 1.807) is 0 Å². The predicted molar refractivity (Wildman–Crippen MR) is 66.7 cm³/mol. The first-order chi connectivity index (χ1) is 6.71. The first-order valence-corrected chi connectivity index (χ1v) is 6.71. The Kier molecular flexibility index (Phi) is 2.48. The van der Waals surface area contributed by atoms with Crippen molar-refractivity contribution in [3.63, 3.8) is 0 Å². The van der Waals surface area contributed by atoms with E-state index in [0.717, 1.165) is 23.7 Å². The van der Waals surface area contributed by atoms with Crippen molar-refractivity contribution in [3.05, 3.63) is 0 Å². The summed E-state index contributed by atoms with van der Waals surface area (Å²) in [5.74, 6) is 4.02. The Morgan fingerprint density at radius 3 is 1.27 bits per heavy atom. The standard InChI is InChI=1S/C15H28/c1-14(2,3)12-10-7-8-11(9-10)13(12)15(4,5)6/h10-13H,7-9H2,1-6H3/t10-,11+,12-,13+. The van der Waals surface area contributed by atoms with Gasteiger partial charge in [-0.15, -0.1) is 0 Å². The molecule has 0 saturated heterocycles. The van der Waals surface area contributed by atoms with E-state index in [1.165, 1.54) is 19.3 Å². The van der Waals surface area contributed by atoms with Gasteiger partial charge < -0.3 is 0 Å². The number of hydrogen-bond acceptors (Lipinski definition) is 0. The van der Waals surface area contributed by atoms with Crippen molar-refractivity contribution in [2.45, 2.75) is 60.8 Å². The molecule has 0 aliphatic heterocycles. The van der Waals surface area contributed by atoms with E-state index < -0.39 is 0 Å². The van der Waals surface area contributed by atoms with Gasteiger partial charge in [0.2, 0.25) is 0 Å². The van der Waals surface area contributed by atoms with Crippen molar-refractivity contribution in [2.24, 2.45) is 34.5 Å². The summed E-state index contributed by atoms with van der Waals surface area (Å²) in [6.45, 7) is 14.7. The molecule has 2 saturated carbocycles. The minimum atomic E-state index is 0.512. The van der Waals surface area contributed by atoms with Gasteiger partial charge in [-0.3, -0.25) is 0 Å². The van der Waals surface area contributed by atoms with Crippen LogP contribution in [0.15, 0.2) is 0 Å². The predicted octanol–water partition coefficient (Wildman–Crippen LogP) is 4.74. The molecule has 0 unspecified atom stereocenters. The number of hydrogen-bond donors (Lipinski definition) is 0. The topological polar surface area (TPSA) is 0 Å². The van der Waals surface area contributed by atoms with Gasteiger partial charge in [0.25, 0.3) is 0 Å². The Bertz CT molecular complexity index is 212. The summed E-state index contributed by atoms with van der Waals surface area (Å²) in [5.41, 5.74) is 1.02. The Morgan fingerprint density at radius 1 is 0.667 bits per heavy atom. The molecular formula is C15H28. The van der Waals surface area contributed by atoms with Gasteiger partial charge in [0.15, 0.2) is 0 Å². The molecule has 2 aliphatic rings. The molecule has 0 heteroatoms.